The van der Waals surface area contributed by atoms with E-state index in [0.29, 0.717) is 5.69 Å². The van der Waals surface area contributed by atoms with Gasteiger partial charge >= 0.3 is 5.82 Å². The summed E-state index contributed by atoms with van der Waals surface area (Å²) >= 11 is 0. The second-order valence-corrected chi connectivity index (χ2v) is 5.34. The van der Waals surface area contributed by atoms with E-state index in [0.717, 1.165) is 12.8 Å². The van der Waals surface area contributed by atoms with E-state index < -0.39 is 4.92 Å². The number of nitrogens with two attached hydrogens (primary N) is 1. The van der Waals surface area contributed by atoms with Gasteiger partial charge in [-0.25, -0.2) is 0 Å². The Balaban J connectivity index is 2.23. The second kappa shape index (κ2) is 4.77. The molecule has 0 amide bonds. The predicted octanol–water partition coefficient (Wildman–Crippen LogP) is 2.19. The zero-order valence-electron chi connectivity index (χ0n) is 11.4. The summed E-state index contributed by atoms with van der Waals surface area (Å²) in [5.41, 5.74) is 6.48. The molecule has 1 aliphatic rings. The minimum absolute atomic E-state index is 0.0833. The predicted molar refractivity (Wildman–Crippen MR) is 71.0 cm³/mol. The van der Waals surface area contributed by atoms with Crippen molar-refractivity contribution < 1.29 is 9.66 Å². The smallest absolute Gasteiger partial charge is 0.406 e. The first-order valence-electron chi connectivity index (χ1n) is 6.42. The molecule has 1 aliphatic carbocycles. The van der Waals surface area contributed by atoms with Crippen LogP contribution in [0, 0.1) is 22.5 Å². The molecule has 3 atom stereocenters. The fourth-order valence-electron chi connectivity index (χ4n) is 2.43. The van der Waals surface area contributed by atoms with Crippen molar-refractivity contribution in [3.63, 3.8) is 0 Å². The maximum atomic E-state index is 11.0. The van der Waals surface area contributed by atoms with Gasteiger partial charge in [-0.3, -0.25) is 0 Å². The van der Waals surface area contributed by atoms with Gasteiger partial charge in [-0.05, 0) is 28.5 Å². The van der Waals surface area contributed by atoms with Crippen LogP contribution in [-0.4, -0.2) is 22.1 Å². The maximum Gasteiger partial charge on any atom is 0.406 e. The number of pyridine rings is 1. The highest BCUT2D eigenvalue weighted by Crippen LogP contribution is 2.45. The van der Waals surface area contributed by atoms with Gasteiger partial charge in [-0.2, -0.15) is 0 Å². The number of hydrogen-bond acceptors (Lipinski definition) is 5. The lowest BCUT2D eigenvalue weighted by Crippen LogP contribution is -2.61. The molecule has 104 valence electrons. The fourth-order valence-corrected chi connectivity index (χ4v) is 2.43. The van der Waals surface area contributed by atoms with E-state index in [1.165, 1.54) is 0 Å². The van der Waals surface area contributed by atoms with Crippen LogP contribution in [0.4, 0.5) is 5.82 Å². The largest absolute Gasteiger partial charge is 0.482 e. The Kier molecular flexibility index (Phi) is 3.45. The molecule has 3 unspecified atom stereocenters. The van der Waals surface area contributed by atoms with Crippen LogP contribution in [0.5, 0.6) is 5.75 Å². The number of nitro groups is 1. The van der Waals surface area contributed by atoms with Gasteiger partial charge in [-0.15, -0.1) is 0 Å². The summed E-state index contributed by atoms with van der Waals surface area (Å²) in [4.78, 5) is 14.4. The van der Waals surface area contributed by atoms with E-state index in [-0.39, 0.29) is 29.1 Å². The number of ether oxygens (including phenoxy) is 1. The van der Waals surface area contributed by atoms with Gasteiger partial charge in [0.05, 0.1) is 0 Å². The first kappa shape index (κ1) is 13.7. The first-order chi connectivity index (χ1) is 8.88. The molecule has 2 N–H and O–H groups in total. The van der Waals surface area contributed by atoms with Crippen LogP contribution in [0.1, 0.15) is 32.4 Å². The van der Waals surface area contributed by atoms with Gasteiger partial charge in [0.1, 0.15) is 11.8 Å². The average molecular weight is 265 g/mol. The highest BCUT2D eigenvalue weighted by molar-refractivity contribution is 5.40. The molecular formula is C13H19N3O3. The Morgan fingerprint density at radius 2 is 2.32 bits per heavy atom. The van der Waals surface area contributed by atoms with E-state index in [1.54, 1.807) is 19.1 Å². The summed E-state index contributed by atoms with van der Waals surface area (Å²) in [6.07, 6.45) is 1.51. The van der Waals surface area contributed by atoms with Crippen molar-refractivity contribution in [1.29, 1.82) is 0 Å². The first-order valence-corrected chi connectivity index (χ1v) is 6.42. The van der Waals surface area contributed by atoms with Crippen molar-refractivity contribution in [2.75, 3.05) is 0 Å². The minimum atomic E-state index is -0.510. The molecule has 0 aliphatic heterocycles. The number of hydrogen-bond donors (Lipinski definition) is 1. The summed E-state index contributed by atoms with van der Waals surface area (Å²) in [5, 5.41) is 11.0. The normalized spacial score (nSPS) is 29.7. The molecule has 1 fully saturated rings. The van der Waals surface area contributed by atoms with E-state index in [2.05, 4.69) is 18.8 Å². The summed E-state index contributed by atoms with van der Waals surface area (Å²) in [6, 6.07) is 3.41. The zero-order chi connectivity index (χ0) is 14.2. The second-order valence-electron chi connectivity index (χ2n) is 5.34. The Morgan fingerprint density at radius 3 is 2.84 bits per heavy atom. The average Bonchev–Trinajstić information content (AvgIpc) is 2.38. The van der Waals surface area contributed by atoms with Gasteiger partial charge < -0.3 is 20.6 Å². The molecule has 0 spiro atoms. The van der Waals surface area contributed by atoms with Crippen LogP contribution in [-0.2, 0) is 0 Å². The van der Waals surface area contributed by atoms with Crippen LogP contribution in [0.2, 0.25) is 0 Å². The Labute approximate surface area is 112 Å². The molecule has 6 nitrogen and oxygen atoms in total. The zero-order valence-corrected chi connectivity index (χ0v) is 11.4. The van der Waals surface area contributed by atoms with Gasteiger partial charge in [0.15, 0.2) is 0 Å². The van der Waals surface area contributed by atoms with Crippen molar-refractivity contribution in [2.45, 2.75) is 45.8 Å². The van der Waals surface area contributed by atoms with Crippen molar-refractivity contribution in [3.8, 4) is 5.75 Å². The maximum absolute atomic E-state index is 11.0. The summed E-state index contributed by atoms with van der Waals surface area (Å²) in [5.74, 6) is 0.00565. The molecule has 0 saturated heterocycles. The third-order valence-electron chi connectivity index (χ3n) is 4.23. The van der Waals surface area contributed by atoms with Crippen molar-refractivity contribution in [3.05, 3.63) is 27.9 Å². The topological polar surface area (TPSA) is 91.3 Å². The molecular weight excluding hydrogens is 246 g/mol. The number of nitrogens with zero attached hydrogens (tertiary/aromatic N) is 2. The molecule has 0 aromatic carbocycles. The van der Waals surface area contributed by atoms with Crippen LogP contribution in [0.25, 0.3) is 0 Å². The fraction of sp³-hybridized carbons (Fsp3) is 0.615. The molecule has 1 aromatic rings. The Hall–Kier alpha value is -1.69. The van der Waals surface area contributed by atoms with Crippen LogP contribution in [0.15, 0.2) is 12.1 Å². The lowest BCUT2D eigenvalue weighted by molar-refractivity contribution is -0.391. The molecule has 1 saturated carbocycles. The minimum Gasteiger partial charge on any atom is -0.482 e. The summed E-state index contributed by atoms with van der Waals surface area (Å²) in [7, 11) is 0. The third-order valence-corrected chi connectivity index (χ3v) is 4.23. The van der Waals surface area contributed by atoms with Crippen LogP contribution >= 0.6 is 0 Å². The van der Waals surface area contributed by atoms with Crippen LogP contribution in [0.3, 0.4) is 0 Å². The quantitative estimate of drug-likeness (QED) is 0.665. The highest BCUT2D eigenvalue weighted by Gasteiger charge is 2.50. The monoisotopic (exact) mass is 265 g/mol. The van der Waals surface area contributed by atoms with E-state index >= 15 is 0 Å². The van der Waals surface area contributed by atoms with Gasteiger partial charge in [0.2, 0.25) is 5.75 Å². The molecule has 19 heavy (non-hydrogen) atoms. The number of rotatable bonds is 4. The van der Waals surface area contributed by atoms with Crippen LogP contribution < -0.4 is 10.5 Å². The van der Waals surface area contributed by atoms with Crippen molar-refractivity contribution in [1.82, 2.24) is 4.98 Å². The Bertz CT molecular complexity index is 506. The van der Waals surface area contributed by atoms with E-state index in [4.69, 9.17) is 10.5 Å². The lowest BCUT2D eigenvalue weighted by Gasteiger charge is -2.51. The standard InChI is InChI=1S/C13H19N3O3/c1-4-13(3)10(14)7-11(13)19-9-6-5-8(2)15-12(9)16(17)18/h5-6,10-11H,4,7,14H2,1-3H3. The van der Waals surface area contributed by atoms with Gasteiger partial charge in [0.25, 0.3) is 0 Å². The molecule has 0 radical (unpaired) electrons. The summed E-state index contributed by atoms with van der Waals surface area (Å²) in [6.45, 7) is 5.82. The molecule has 1 aromatic heterocycles. The van der Waals surface area contributed by atoms with Crippen molar-refractivity contribution in [2.24, 2.45) is 11.1 Å². The van der Waals surface area contributed by atoms with Gasteiger partial charge in [0, 0.05) is 24.8 Å². The SMILES string of the molecule is CCC1(C)C(N)CC1Oc1ccc(C)nc1[N+](=O)[O-]. The highest BCUT2D eigenvalue weighted by atomic mass is 16.6. The van der Waals surface area contributed by atoms with E-state index in [1.807, 2.05) is 0 Å². The third kappa shape index (κ3) is 2.28. The summed E-state index contributed by atoms with van der Waals surface area (Å²) < 4.78 is 5.79. The lowest BCUT2D eigenvalue weighted by atomic mass is 9.62. The molecule has 6 heteroatoms. The molecule has 2 rings (SSSR count). The number of aryl methyl sites for hydroxylation is 1. The van der Waals surface area contributed by atoms with Gasteiger partial charge in [-0.1, -0.05) is 13.8 Å². The molecule has 0 bridgehead atoms. The molecule has 1 heterocycles. The number of aromatic nitrogens is 1. The Morgan fingerprint density at radius 1 is 1.63 bits per heavy atom. The van der Waals surface area contributed by atoms with E-state index in [9.17, 15) is 10.1 Å². The van der Waals surface area contributed by atoms with Crippen molar-refractivity contribution >= 4 is 5.82 Å².